The summed E-state index contributed by atoms with van der Waals surface area (Å²) in [6, 6.07) is 19.0. The van der Waals surface area contributed by atoms with Crippen LogP contribution in [0, 0.1) is 0 Å². The van der Waals surface area contributed by atoms with Gasteiger partial charge in [0.1, 0.15) is 6.04 Å². The van der Waals surface area contributed by atoms with Gasteiger partial charge in [0.15, 0.2) is 0 Å². The number of nitrogens with one attached hydrogen (secondary N) is 2. The van der Waals surface area contributed by atoms with Crippen molar-refractivity contribution in [2.75, 3.05) is 38.7 Å². The third-order valence-electron chi connectivity index (χ3n) is 5.46. The van der Waals surface area contributed by atoms with Gasteiger partial charge in [0.25, 0.3) is 18.9 Å². The fraction of sp³-hybridized carbons (Fsp3) is 0.240. The van der Waals surface area contributed by atoms with E-state index >= 15 is 0 Å². The van der Waals surface area contributed by atoms with Crippen LogP contribution in [0.4, 0.5) is 5.69 Å². The Labute approximate surface area is 219 Å². The van der Waals surface area contributed by atoms with Crippen LogP contribution in [0.2, 0.25) is 10.0 Å². The molecule has 9 nitrogen and oxygen atoms in total. The predicted molar refractivity (Wildman–Crippen MR) is 141 cm³/mol. The number of carbonyl (C=O) groups is 3. The van der Waals surface area contributed by atoms with E-state index < -0.39 is 6.04 Å². The van der Waals surface area contributed by atoms with E-state index in [0.29, 0.717) is 15.7 Å². The summed E-state index contributed by atoms with van der Waals surface area (Å²) in [6.45, 7) is 2.99. The summed E-state index contributed by atoms with van der Waals surface area (Å²) in [5.74, 6) is -0.119. The number of carbonyl (C=O) groups excluding carboxylic acids is 1. The molecular weight excluding hydrogens is 507 g/mol. The number of hydrazine groups is 1. The van der Waals surface area contributed by atoms with Crippen LogP contribution in [0.25, 0.3) is 10.8 Å². The van der Waals surface area contributed by atoms with E-state index in [4.69, 9.17) is 43.0 Å². The Bertz CT molecular complexity index is 1120. The third-order valence-corrected chi connectivity index (χ3v) is 5.90. The molecule has 4 rings (SSSR count). The van der Waals surface area contributed by atoms with Crippen molar-refractivity contribution in [2.24, 2.45) is 0 Å². The molecular formula is C25H28Cl2N4O5. The molecule has 11 heteroatoms. The second-order valence-electron chi connectivity index (χ2n) is 7.79. The first kappa shape index (κ1) is 28.9. The minimum absolute atomic E-state index is 0.119. The van der Waals surface area contributed by atoms with Crippen LogP contribution in [-0.2, 0) is 14.4 Å². The van der Waals surface area contributed by atoms with E-state index in [1.807, 2.05) is 24.3 Å². The van der Waals surface area contributed by atoms with Crippen molar-refractivity contribution in [3.63, 3.8) is 0 Å². The molecule has 0 aromatic heterocycles. The summed E-state index contributed by atoms with van der Waals surface area (Å²) in [4.78, 5) is 34.7. The number of anilines is 1. The van der Waals surface area contributed by atoms with Gasteiger partial charge in [-0.25, -0.2) is 0 Å². The summed E-state index contributed by atoms with van der Waals surface area (Å²) in [6.07, 6.45) is 0. The zero-order chi connectivity index (χ0) is 26.5. The third kappa shape index (κ3) is 8.39. The van der Waals surface area contributed by atoms with Crippen LogP contribution >= 0.6 is 23.2 Å². The fourth-order valence-electron chi connectivity index (χ4n) is 3.90. The highest BCUT2D eigenvalue weighted by atomic mass is 35.5. The van der Waals surface area contributed by atoms with Crippen molar-refractivity contribution < 1.29 is 24.6 Å². The van der Waals surface area contributed by atoms with Gasteiger partial charge in [0, 0.05) is 36.2 Å². The molecule has 3 aromatic rings. The number of fused-ring (bicyclic) bond motifs is 1. The van der Waals surface area contributed by atoms with Crippen LogP contribution in [0.3, 0.4) is 0 Å². The quantitative estimate of drug-likeness (QED) is 0.286. The Morgan fingerprint density at radius 3 is 2.08 bits per heavy atom. The average Bonchev–Trinajstić information content (AvgIpc) is 2.85. The summed E-state index contributed by atoms with van der Waals surface area (Å²) in [7, 11) is 2.11. The smallest absolute Gasteiger partial charge is 0.290 e. The number of amides is 1. The lowest BCUT2D eigenvalue weighted by Crippen LogP contribution is -2.50. The number of hydrogen-bond acceptors (Lipinski definition) is 6. The number of piperazine rings is 1. The van der Waals surface area contributed by atoms with E-state index in [1.165, 1.54) is 0 Å². The number of likely N-dealkylation sites (N-methyl/N-ethyl adjacent to an activating group) is 1. The molecule has 4 N–H and O–H groups in total. The molecule has 192 valence electrons. The Morgan fingerprint density at radius 1 is 0.917 bits per heavy atom. The maximum Gasteiger partial charge on any atom is 0.290 e. The lowest BCUT2D eigenvalue weighted by Gasteiger charge is -2.37. The fourth-order valence-corrected chi connectivity index (χ4v) is 4.43. The SMILES string of the molecule is CN1CCN(C(C(=O)NNc2cc(Cl)cc(Cl)c2)c2cccc3ccccc23)CC1.O=CO.O=CO. The molecule has 36 heavy (non-hydrogen) atoms. The molecule has 0 radical (unpaired) electrons. The molecule has 3 aromatic carbocycles. The molecule has 0 spiro atoms. The summed E-state index contributed by atoms with van der Waals surface area (Å²) < 4.78 is 0. The Hall–Kier alpha value is -3.37. The van der Waals surface area contributed by atoms with Crippen LogP contribution in [0.5, 0.6) is 0 Å². The van der Waals surface area contributed by atoms with E-state index in [-0.39, 0.29) is 18.9 Å². The largest absolute Gasteiger partial charge is 0.483 e. The number of benzene rings is 3. The molecule has 1 atom stereocenters. The van der Waals surface area contributed by atoms with Gasteiger partial charge < -0.3 is 15.1 Å². The zero-order valence-electron chi connectivity index (χ0n) is 19.6. The average molecular weight is 535 g/mol. The van der Waals surface area contributed by atoms with Crippen molar-refractivity contribution >= 4 is 58.5 Å². The van der Waals surface area contributed by atoms with Gasteiger partial charge in [-0.2, -0.15) is 0 Å². The van der Waals surface area contributed by atoms with Crippen LogP contribution in [-0.4, -0.2) is 72.1 Å². The van der Waals surface area contributed by atoms with Crippen molar-refractivity contribution in [3.8, 4) is 0 Å². The molecule has 0 aliphatic carbocycles. The minimum Gasteiger partial charge on any atom is -0.483 e. The van der Waals surface area contributed by atoms with Crippen molar-refractivity contribution in [3.05, 3.63) is 76.3 Å². The van der Waals surface area contributed by atoms with Gasteiger partial charge >= 0.3 is 0 Å². The summed E-state index contributed by atoms with van der Waals surface area (Å²) in [5, 5.41) is 17.0. The lowest BCUT2D eigenvalue weighted by molar-refractivity contribution is -0.127. The first-order chi connectivity index (χ1) is 17.3. The number of halogens is 2. The highest BCUT2D eigenvalue weighted by Gasteiger charge is 2.31. The normalized spacial score (nSPS) is 14.3. The second kappa shape index (κ2) is 14.9. The standard InChI is InChI=1S/C23H24Cl2N4O.2CH2O2/c1-28-9-11-29(12-10-28)22(21-8-4-6-16-5-2-3-7-20(16)21)23(30)27-26-19-14-17(24)13-18(25)15-19;2*2-1-3/h2-8,13-15,22,26H,9-12H2,1H3,(H,27,30);2*1H,(H,2,3). The van der Waals surface area contributed by atoms with Gasteiger partial charge in [-0.3, -0.25) is 30.1 Å². The number of carboxylic acid groups (broad SMARTS) is 2. The molecule has 0 saturated carbocycles. The first-order valence-electron chi connectivity index (χ1n) is 10.9. The molecule has 1 aliphatic rings. The highest BCUT2D eigenvalue weighted by Crippen LogP contribution is 2.30. The molecule has 1 aliphatic heterocycles. The Kier molecular flexibility index (Phi) is 11.9. The maximum atomic E-state index is 13.4. The zero-order valence-corrected chi connectivity index (χ0v) is 21.1. The van der Waals surface area contributed by atoms with Crippen molar-refractivity contribution in [2.45, 2.75) is 6.04 Å². The van der Waals surface area contributed by atoms with E-state index in [1.54, 1.807) is 18.2 Å². The number of hydrogen-bond donors (Lipinski definition) is 4. The van der Waals surface area contributed by atoms with Crippen molar-refractivity contribution in [1.82, 2.24) is 15.2 Å². The molecule has 1 saturated heterocycles. The van der Waals surface area contributed by atoms with Gasteiger partial charge in [-0.1, -0.05) is 65.7 Å². The summed E-state index contributed by atoms with van der Waals surface area (Å²) >= 11 is 12.1. The van der Waals surface area contributed by atoms with Gasteiger partial charge in [0.2, 0.25) is 0 Å². The molecule has 1 amide bonds. The van der Waals surface area contributed by atoms with E-state index in [2.05, 4.69) is 45.9 Å². The minimum atomic E-state index is -0.410. The van der Waals surface area contributed by atoms with Crippen LogP contribution < -0.4 is 10.9 Å². The molecule has 1 unspecified atom stereocenters. The molecule has 0 bridgehead atoms. The monoisotopic (exact) mass is 534 g/mol. The van der Waals surface area contributed by atoms with Gasteiger partial charge in [0.05, 0.1) is 5.69 Å². The van der Waals surface area contributed by atoms with Crippen molar-refractivity contribution in [1.29, 1.82) is 0 Å². The second-order valence-corrected chi connectivity index (χ2v) is 8.67. The van der Waals surface area contributed by atoms with E-state index in [9.17, 15) is 4.79 Å². The number of nitrogens with zero attached hydrogens (tertiary/aromatic N) is 2. The lowest BCUT2D eigenvalue weighted by atomic mass is 9.96. The Morgan fingerprint density at radius 2 is 1.47 bits per heavy atom. The van der Waals surface area contributed by atoms with Crippen LogP contribution in [0.15, 0.2) is 60.7 Å². The molecule has 1 fully saturated rings. The first-order valence-corrected chi connectivity index (χ1v) is 11.7. The maximum absolute atomic E-state index is 13.4. The predicted octanol–water partition coefficient (Wildman–Crippen LogP) is 3.98. The molecule has 1 heterocycles. The van der Waals surface area contributed by atoms with Crippen LogP contribution in [0.1, 0.15) is 11.6 Å². The highest BCUT2D eigenvalue weighted by molar-refractivity contribution is 6.35. The van der Waals surface area contributed by atoms with Gasteiger partial charge in [-0.05, 0) is 41.6 Å². The topological polar surface area (TPSA) is 122 Å². The number of rotatable bonds is 5. The Balaban J connectivity index is 0.000000693. The van der Waals surface area contributed by atoms with E-state index in [0.717, 1.165) is 42.5 Å². The van der Waals surface area contributed by atoms with Gasteiger partial charge in [-0.15, -0.1) is 0 Å². The summed E-state index contributed by atoms with van der Waals surface area (Å²) in [5.41, 5.74) is 7.47.